The van der Waals surface area contributed by atoms with Crippen molar-refractivity contribution in [2.75, 3.05) is 11.9 Å². The molecule has 0 aliphatic heterocycles. The molecule has 17 heavy (non-hydrogen) atoms. The number of nitrogens with zero attached hydrogens (tertiary/aromatic N) is 5. The topological polar surface area (TPSA) is 77.6 Å². The van der Waals surface area contributed by atoms with Crippen molar-refractivity contribution in [2.45, 2.75) is 13.0 Å². The van der Waals surface area contributed by atoms with Crippen molar-refractivity contribution in [1.82, 2.24) is 24.5 Å². The Labute approximate surface area is 98.1 Å². The van der Waals surface area contributed by atoms with Crippen LogP contribution in [-0.4, -0.2) is 31.1 Å². The summed E-state index contributed by atoms with van der Waals surface area (Å²) in [7, 11) is 1.70. The lowest BCUT2D eigenvalue weighted by molar-refractivity contribution is 0.569. The van der Waals surface area contributed by atoms with Gasteiger partial charge in [-0.2, -0.15) is 0 Å². The van der Waals surface area contributed by atoms with Crippen LogP contribution in [0.4, 0.5) is 5.82 Å². The normalized spacial score (nSPS) is 10.4. The lowest BCUT2D eigenvalue weighted by Crippen LogP contribution is -2.22. The Morgan fingerprint density at radius 1 is 1.35 bits per heavy atom. The molecule has 0 unspecified atom stereocenters. The van der Waals surface area contributed by atoms with Gasteiger partial charge in [0.1, 0.15) is 0 Å². The van der Waals surface area contributed by atoms with Crippen LogP contribution >= 0.6 is 0 Å². The molecule has 0 spiro atoms. The zero-order valence-corrected chi connectivity index (χ0v) is 9.58. The average Bonchev–Trinajstić information content (AvgIpc) is 2.83. The second-order valence-corrected chi connectivity index (χ2v) is 3.64. The standard InChI is InChI=1S/C10H14N6O/c1-15-7-4-12-9(10(15)17)11-3-2-6-16-8-5-13-14-16/h4-5,7-8H,2-3,6H2,1H3,(H,11,12). The van der Waals surface area contributed by atoms with E-state index in [9.17, 15) is 4.79 Å². The third kappa shape index (κ3) is 2.90. The smallest absolute Gasteiger partial charge is 0.293 e. The maximum atomic E-state index is 11.6. The van der Waals surface area contributed by atoms with E-state index in [2.05, 4.69) is 20.6 Å². The number of aryl methyl sites for hydroxylation is 2. The second kappa shape index (κ2) is 5.24. The van der Waals surface area contributed by atoms with Crippen molar-refractivity contribution in [3.63, 3.8) is 0 Å². The van der Waals surface area contributed by atoms with Gasteiger partial charge in [0.2, 0.25) is 0 Å². The van der Waals surface area contributed by atoms with Gasteiger partial charge >= 0.3 is 0 Å². The first-order valence-corrected chi connectivity index (χ1v) is 5.37. The van der Waals surface area contributed by atoms with E-state index in [-0.39, 0.29) is 5.56 Å². The number of rotatable bonds is 5. The van der Waals surface area contributed by atoms with Gasteiger partial charge in [0.25, 0.3) is 5.56 Å². The van der Waals surface area contributed by atoms with E-state index in [1.807, 2.05) is 0 Å². The van der Waals surface area contributed by atoms with Gasteiger partial charge < -0.3 is 9.88 Å². The average molecular weight is 234 g/mol. The molecule has 2 heterocycles. The van der Waals surface area contributed by atoms with Gasteiger partial charge in [0.05, 0.1) is 6.20 Å². The monoisotopic (exact) mass is 234 g/mol. The maximum absolute atomic E-state index is 11.6. The molecule has 2 aromatic heterocycles. The first kappa shape index (κ1) is 11.3. The van der Waals surface area contributed by atoms with Gasteiger partial charge in [-0.1, -0.05) is 5.21 Å². The minimum absolute atomic E-state index is 0.117. The van der Waals surface area contributed by atoms with E-state index < -0.39 is 0 Å². The molecule has 1 N–H and O–H groups in total. The van der Waals surface area contributed by atoms with Crippen LogP contribution in [0.15, 0.2) is 29.6 Å². The quantitative estimate of drug-likeness (QED) is 0.729. The van der Waals surface area contributed by atoms with Crippen LogP contribution in [-0.2, 0) is 13.6 Å². The molecule has 7 heteroatoms. The summed E-state index contributed by atoms with van der Waals surface area (Å²) >= 11 is 0. The van der Waals surface area contributed by atoms with Crippen LogP contribution in [0.5, 0.6) is 0 Å². The maximum Gasteiger partial charge on any atom is 0.293 e. The molecule has 2 aromatic rings. The van der Waals surface area contributed by atoms with Crippen LogP contribution in [0.3, 0.4) is 0 Å². The molecule has 0 radical (unpaired) electrons. The Kier molecular flexibility index (Phi) is 3.49. The summed E-state index contributed by atoms with van der Waals surface area (Å²) in [6, 6.07) is 0. The highest BCUT2D eigenvalue weighted by molar-refractivity contribution is 5.30. The van der Waals surface area contributed by atoms with Crippen molar-refractivity contribution in [2.24, 2.45) is 7.05 Å². The van der Waals surface area contributed by atoms with Crippen molar-refractivity contribution in [3.8, 4) is 0 Å². The first-order valence-electron chi connectivity index (χ1n) is 5.37. The van der Waals surface area contributed by atoms with Crippen molar-refractivity contribution in [3.05, 3.63) is 35.1 Å². The number of hydrogen-bond acceptors (Lipinski definition) is 5. The fraction of sp³-hybridized carbons (Fsp3) is 0.400. The largest absolute Gasteiger partial charge is 0.365 e. The Balaban J connectivity index is 1.82. The van der Waals surface area contributed by atoms with Gasteiger partial charge in [-0.25, -0.2) is 4.98 Å². The predicted molar refractivity (Wildman–Crippen MR) is 62.6 cm³/mol. The summed E-state index contributed by atoms with van der Waals surface area (Å²) in [6.07, 6.45) is 7.52. The van der Waals surface area contributed by atoms with Crippen molar-refractivity contribution in [1.29, 1.82) is 0 Å². The molecule has 0 fully saturated rings. The van der Waals surface area contributed by atoms with Gasteiger partial charge in [0, 0.05) is 38.7 Å². The van der Waals surface area contributed by atoms with E-state index in [1.54, 1.807) is 36.5 Å². The summed E-state index contributed by atoms with van der Waals surface area (Å²) in [5, 5.41) is 10.6. The molecule has 90 valence electrons. The summed E-state index contributed by atoms with van der Waals surface area (Å²) < 4.78 is 3.24. The molecule has 0 aromatic carbocycles. The Bertz CT molecular complexity index is 518. The summed E-state index contributed by atoms with van der Waals surface area (Å²) in [4.78, 5) is 15.6. The molecular formula is C10H14N6O. The molecule has 0 amide bonds. The molecule has 0 saturated carbocycles. The van der Waals surface area contributed by atoms with E-state index >= 15 is 0 Å². The second-order valence-electron chi connectivity index (χ2n) is 3.64. The Hall–Kier alpha value is -2.18. The number of aromatic nitrogens is 5. The van der Waals surface area contributed by atoms with E-state index in [0.29, 0.717) is 12.4 Å². The molecule has 7 nitrogen and oxygen atoms in total. The van der Waals surface area contributed by atoms with E-state index in [4.69, 9.17) is 0 Å². The number of nitrogens with one attached hydrogen (secondary N) is 1. The van der Waals surface area contributed by atoms with Gasteiger partial charge in [-0.15, -0.1) is 5.10 Å². The SMILES string of the molecule is Cn1ccnc(NCCCn2ccnn2)c1=O. The zero-order valence-electron chi connectivity index (χ0n) is 9.58. The molecule has 0 aliphatic carbocycles. The third-order valence-corrected chi connectivity index (χ3v) is 2.35. The van der Waals surface area contributed by atoms with Crippen LogP contribution in [0.2, 0.25) is 0 Å². The fourth-order valence-corrected chi connectivity index (χ4v) is 1.42. The van der Waals surface area contributed by atoms with Crippen LogP contribution < -0.4 is 10.9 Å². The summed E-state index contributed by atoms with van der Waals surface area (Å²) in [5.41, 5.74) is -0.117. The molecule has 0 aliphatic rings. The highest BCUT2D eigenvalue weighted by Gasteiger charge is 2.00. The molecule has 0 atom stereocenters. The lowest BCUT2D eigenvalue weighted by atomic mass is 10.4. The van der Waals surface area contributed by atoms with E-state index in [0.717, 1.165) is 13.0 Å². The highest BCUT2D eigenvalue weighted by Crippen LogP contribution is 1.93. The van der Waals surface area contributed by atoms with Gasteiger partial charge in [-0.3, -0.25) is 9.48 Å². The van der Waals surface area contributed by atoms with Gasteiger partial charge in [-0.05, 0) is 6.42 Å². The summed E-state index contributed by atoms with van der Waals surface area (Å²) in [5.74, 6) is 0.383. The predicted octanol–water partition coefficient (Wildman–Crippen LogP) is -0.126. The molecule has 0 saturated heterocycles. The van der Waals surface area contributed by atoms with Gasteiger partial charge in [0.15, 0.2) is 5.82 Å². The van der Waals surface area contributed by atoms with Crippen LogP contribution in [0.25, 0.3) is 0 Å². The third-order valence-electron chi connectivity index (χ3n) is 2.35. The highest BCUT2D eigenvalue weighted by atomic mass is 16.1. The van der Waals surface area contributed by atoms with Crippen molar-refractivity contribution < 1.29 is 0 Å². The number of anilines is 1. The fourth-order valence-electron chi connectivity index (χ4n) is 1.42. The zero-order chi connectivity index (χ0) is 12.1. The molecule has 0 bridgehead atoms. The van der Waals surface area contributed by atoms with Crippen LogP contribution in [0.1, 0.15) is 6.42 Å². The lowest BCUT2D eigenvalue weighted by Gasteiger charge is -2.05. The minimum Gasteiger partial charge on any atom is -0.365 e. The molecular weight excluding hydrogens is 220 g/mol. The minimum atomic E-state index is -0.117. The first-order chi connectivity index (χ1) is 8.27. The summed E-state index contributed by atoms with van der Waals surface area (Å²) in [6.45, 7) is 1.44. The molecule has 2 rings (SSSR count). The Morgan fingerprint density at radius 2 is 2.24 bits per heavy atom. The van der Waals surface area contributed by atoms with Crippen LogP contribution in [0, 0.1) is 0 Å². The Morgan fingerprint density at radius 3 is 3.00 bits per heavy atom. The van der Waals surface area contributed by atoms with Crippen molar-refractivity contribution >= 4 is 5.82 Å². The van der Waals surface area contributed by atoms with E-state index in [1.165, 1.54) is 4.57 Å². The number of hydrogen-bond donors (Lipinski definition) is 1.